The summed E-state index contributed by atoms with van der Waals surface area (Å²) in [6.45, 7) is 0. The van der Waals surface area contributed by atoms with Gasteiger partial charge < -0.3 is 20.3 Å². The standard InChI is InChI=1S/C13H17NO4/c1-17-8-5-9-10(12(6-8)18-2)3-7(13(15)16)4-11(9)14/h5-7,11H,3-4,14H2,1-2H3,(H,15,16). The maximum atomic E-state index is 11.1. The van der Waals surface area contributed by atoms with Crippen molar-refractivity contribution < 1.29 is 19.4 Å². The third-order valence-corrected chi connectivity index (χ3v) is 3.41. The van der Waals surface area contributed by atoms with Crippen LogP contribution >= 0.6 is 0 Å². The molecule has 5 nitrogen and oxygen atoms in total. The molecule has 0 heterocycles. The van der Waals surface area contributed by atoms with E-state index in [0.29, 0.717) is 24.3 Å². The van der Waals surface area contributed by atoms with Gasteiger partial charge in [-0.05, 0) is 30.0 Å². The summed E-state index contributed by atoms with van der Waals surface area (Å²) in [7, 11) is 3.14. The molecule has 0 amide bonds. The Labute approximate surface area is 106 Å². The van der Waals surface area contributed by atoms with Crippen molar-refractivity contribution in [2.45, 2.75) is 18.9 Å². The molecule has 2 unspecified atom stereocenters. The average molecular weight is 251 g/mol. The molecule has 0 fully saturated rings. The van der Waals surface area contributed by atoms with E-state index in [1.807, 2.05) is 6.07 Å². The fourth-order valence-corrected chi connectivity index (χ4v) is 2.44. The first-order valence-electron chi connectivity index (χ1n) is 5.80. The quantitative estimate of drug-likeness (QED) is 0.847. The lowest BCUT2D eigenvalue weighted by molar-refractivity contribution is -0.142. The molecule has 1 aromatic carbocycles. The summed E-state index contributed by atoms with van der Waals surface area (Å²) in [5.41, 5.74) is 7.85. The summed E-state index contributed by atoms with van der Waals surface area (Å²) in [5.74, 6) is 0.0596. The number of carbonyl (C=O) groups is 1. The minimum Gasteiger partial charge on any atom is -0.497 e. The van der Waals surface area contributed by atoms with Gasteiger partial charge in [-0.2, -0.15) is 0 Å². The summed E-state index contributed by atoms with van der Waals surface area (Å²) in [6, 6.07) is 3.33. The molecular formula is C13H17NO4. The van der Waals surface area contributed by atoms with Crippen molar-refractivity contribution in [3.63, 3.8) is 0 Å². The molecule has 98 valence electrons. The molecule has 0 aromatic heterocycles. The van der Waals surface area contributed by atoms with Crippen LogP contribution in [0.15, 0.2) is 12.1 Å². The first-order valence-corrected chi connectivity index (χ1v) is 5.80. The normalized spacial score (nSPS) is 22.2. The van der Waals surface area contributed by atoms with Crippen molar-refractivity contribution in [1.29, 1.82) is 0 Å². The van der Waals surface area contributed by atoms with Crippen LogP contribution in [0.25, 0.3) is 0 Å². The van der Waals surface area contributed by atoms with Gasteiger partial charge >= 0.3 is 5.97 Å². The highest BCUT2D eigenvalue weighted by molar-refractivity contribution is 5.71. The van der Waals surface area contributed by atoms with Crippen LogP contribution in [0, 0.1) is 5.92 Å². The molecule has 0 aliphatic heterocycles. The number of benzene rings is 1. The van der Waals surface area contributed by atoms with E-state index in [4.69, 9.17) is 20.3 Å². The molecule has 0 bridgehead atoms. The molecule has 2 atom stereocenters. The van der Waals surface area contributed by atoms with Gasteiger partial charge in [-0.15, -0.1) is 0 Å². The molecular weight excluding hydrogens is 234 g/mol. The lowest BCUT2D eigenvalue weighted by atomic mass is 9.80. The Morgan fingerprint density at radius 1 is 1.39 bits per heavy atom. The van der Waals surface area contributed by atoms with Crippen LogP contribution in [0.2, 0.25) is 0 Å². The highest BCUT2D eigenvalue weighted by Gasteiger charge is 2.31. The molecule has 0 saturated carbocycles. The molecule has 5 heteroatoms. The Bertz CT molecular complexity index is 472. The number of rotatable bonds is 3. The van der Waals surface area contributed by atoms with Crippen molar-refractivity contribution in [3.8, 4) is 11.5 Å². The molecule has 1 aromatic rings. The molecule has 0 spiro atoms. The van der Waals surface area contributed by atoms with E-state index in [1.165, 1.54) is 0 Å². The van der Waals surface area contributed by atoms with Crippen LogP contribution in [0.1, 0.15) is 23.6 Å². The predicted molar refractivity (Wildman–Crippen MR) is 65.9 cm³/mol. The Morgan fingerprint density at radius 2 is 2.11 bits per heavy atom. The van der Waals surface area contributed by atoms with Crippen LogP contribution in [0.4, 0.5) is 0 Å². The van der Waals surface area contributed by atoms with Crippen molar-refractivity contribution >= 4 is 5.97 Å². The topological polar surface area (TPSA) is 81.8 Å². The van der Waals surface area contributed by atoms with Crippen molar-refractivity contribution in [3.05, 3.63) is 23.3 Å². The summed E-state index contributed by atoms with van der Waals surface area (Å²) in [4.78, 5) is 11.1. The van der Waals surface area contributed by atoms with Crippen LogP contribution in [-0.2, 0) is 11.2 Å². The number of carboxylic acids is 1. The zero-order valence-corrected chi connectivity index (χ0v) is 10.5. The molecule has 1 aliphatic carbocycles. The largest absolute Gasteiger partial charge is 0.497 e. The Balaban J connectivity index is 2.48. The Hall–Kier alpha value is -1.75. The minimum atomic E-state index is -0.811. The molecule has 1 aliphatic rings. The minimum absolute atomic E-state index is 0.293. The smallest absolute Gasteiger partial charge is 0.306 e. The van der Waals surface area contributed by atoms with E-state index in [0.717, 1.165) is 11.1 Å². The number of nitrogens with two attached hydrogens (primary N) is 1. The lowest BCUT2D eigenvalue weighted by Gasteiger charge is -2.28. The lowest BCUT2D eigenvalue weighted by Crippen LogP contribution is -2.29. The fraction of sp³-hybridized carbons (Fsp3) is 0.462. The summed E-state index contributed by atoms with van der Waals surface area (Å²) in [5, 5.41) is 9.12. The number of hydrogen-bond acceptors (Lipinski definition) is 4. The molecule has 18 heavy (non-hydrogen) atoms. The number of aliphatic carboxylic acids is 1. The van der Waals surface area contributed by atoms with Crippen molar-refractivity contribution in [2.24, 2.45) is 11.7 Å². The van der Waals surface area contributed by atoms with E-state index in [-0.39, 0.29) is 6.04 Å². The van der Waals surface area contributed by atoms with Gasteiger partial charge in [0, 0.05) is 12.1 Å². The zero-order valence-electron chi connectivity index (χ0n) is 10.5. The van der Waals surface area contributed by atoms with Crippen LogP contribution < -0.4 is 15.2 Å². The van der Waals surface area contributed by atoms with Crippen LogP contribution in [0.3, 0.4) is 0 Å². The van der Waals surface area contributed by atoms with Crippen LogP contribution in [-0.4, -0.2) is 25.3 Å². The Kier molecular flexibility index (Phi) is 3.43. The number of fused-ring (bicyclic) bond motifs is 1. The van der Waals surface area contributed by atoms with Gasteiger partial charge in [0.1, 0.15) is 11.5 Å². The van der Waals surface area contributed by atoms with E-state index >= 15 is 0 Å². The van der Waals surface area contributed by atoms with E-state index in [2.05, 4.69) is 0 Å². The SMILES string of the molecule is COc1cc(OC)c2c(c1)C(N)CC(C(=O)O)C2. The molecule has 0 radical (unpaired) electrons. The second-order valence-electron chi connectivity index (χ2n) is 4.48. The van der Waals surface area contributed by atoms with Crippen LogP contribution in [0.5, 0.6) is 11.5 Å². The summed E-state index contributed by atoms with van der Waals surface area (Å²) in [6.07, 6.45) is 0.893. The highest BCUT2D eigenvalue weighted by atomic mass is 16.5. The number of hydrogen-bond donors (Lipinski definition) is 2. The predicted octanol–water partition coefficient (Wildman–Crippen LogP) is 1.35. The fourth-order valence-electron chi connectivity index (χ4n) is 2.44. The van der Waals surface area contributed by atoms with E-state index in [1.54, 1.807) is 20.3 Å². The van der Waals surface area contributed by atoms with Gasteiger partial charge in [0.25, 0.3) is 0 Å². The molecule has 3 N–H and O–H groups in total. The number of carboxylic acid groups (broad SMARTS) is 1. The number of methoxy groups -OCH3 is 2. The third-order valence-electron chi connectivity index (χ3n) is 3.41. The average Bonchev–Trinajstić information content (AvgIpc) is 2.37. The number of ether oxygens (including phenoxy) is 2. The highest BCUT2D eigenvalue weighted by Crippen LogP contribution is 2.39. The zero-order chi connectivity index (χ0) is 13.3. The van der Waals surface area contributed by atoms with Gasteiger partial charge in [0.05, 0.1) is 20.1 Å². The monoisotopic (exact) mass is 251 g/mol. The molecule has 0 saturated heterocycles. The maximum Gasteiger partial charge on any atom is 0.306 e. The summed E-state index contributed by atoms with van der Waals surface area (Å²) < 4.78 is 10.5. The second-order valence-corrected chi connectivity index (χ2v) is 4.48. The summed E-state index contributed by atoms with van der Waals surface area (Å²) >= 11 is 0. The van der Waals surface area contributed by atoms with Crippen molar-refractivity contribution in [2.75, 3.05) is 14.2 Å². The Morgan fingerprint density at radius 3 is 2.67 bits per heavy atom. The third kappa shape index (κ3) is 2.13. The van der Waals surface area contributed by atoms with Gasteiger partial charge in [-0.3, -0.25) is 4.79 Å². The molecule has 2 rings (SSSR count). The van der Waals surface area contributed by atoms with E-state index in [9.17, 15) is 4.79 Å². The van der Waals surface area contributed by atoms with Gasteiger partial charge in [-0.25, -0.2) is 0 Å². The van der Waals surface area contributed by atoms with Gasteiger partial charge in [0.15, 0.2) is 0 Å². The maximum absolute atomic E-state index is 11.1. The first kappa shape index (κ1) is 12.7. The van der Waals surface area contributed by atoms with E-state index < -0.39 is 11.9 Å². The van der Waals surface area contributed by atoms with Gasteiger partial charge in [0.2, 0.25) is 0 Å². The van der Waals surface area contributed by atoms with Gasteiger partial charge in [-0.1, -0.05) is 0 Å². The first-order chi connectivity index (χ1) is 8.56. The second kappa shape index (κ2) is 4.86. The van der Waals surface area contributed by atoms with Crippen molar-refractivity contribution in [1.82, 2.24) is 0 Å².